The first-order valence-electron chi connectivity index (χ1n) is 8.53. The summed E-state index contributed by atoms with van der Waals surface area (Å²) in [4.78, 5) is 12.6. The van der Waals surface area contributed by atoms with E-state index >= 15 is 0 Å². The number of hydrogen-bond donors (Lipinski definition) is 2. The first kappa shape index (κ1) is 15.9. The van der Waals surface area contributed by atoms with Gasteiger partial charge in [-0.2, -0.15) is 13.2 Å². The number of carbonyl (C=O) groups is 1. The highest BCUT2D eigenvalue weighted by Gasteiger charge is 2.81. The van der Waals surface area contributed by atoms with E-state index in [0.717, 1.165) is 18.4 Å². The van der Waals surface area contributed by atoms with Crippen LogP contribution in [0.25, 0.3) is 0 Å². The average Bonchev–Trinajstić information content (AvgIpc) is 3.00. The fourth-order valence-electron chi connectivity index (χ4n) is 4.45. The highest BCUT2D eigenvalue weighted by Crippen LogP contribution is 2.72. The molecule has 4 rings (SSSR count). The molecule has 2 atom stereocenters. The van der Waals surface area contributed by atoms with Crippen molar-refractivity contribution in [3.63, 3.8) is 0 Å². The van der Waals surface area contributed by atoms with Crippen molar-refractivity contribution in [2.24, 2.45) is 10.8 Å². The van der Waals surface area contributed by atoms with E-state index in [4.69, 9.17) is 0 Å². The number of halogens is 3. The molecule has 3 aliphatic rings. The standard InChI is InChI=1S/C18H21F3N2O/c19-18(20,21)17-8-16(17,9-22-11-17)10-23-15(24)14-7-2-1-6-13(14)12-4-3-5-12/h1-2,6-7,12,22H,3-5,8-11H2,(H,23,24)/t16-,17-/m0/s1. The summed E-state index contributed by atoms with van der Waals surface area (Å²) in [5.41, 5.74) is -0.878. The Kier molecular flexibility index (Phi) is 3.46. The normalized spacial score (nSPS) is 32.1. The largest absolute Gasteiger partial charge is 0.396 e. The number of amides is 1. The van der Waals surface area contributed by atoms with E-state index in [1.165, 1.54) is 6.42 Å². The van der Waals surface area contributed by atoms with Gasteiger partial charge in [0.15, 0.2) is 0 Å². The van der Waals surface area contributed by atoms with Gasteiger partial charge in [-0.25, -0.2) is 0 Å². The smallest absolute Gasteiger partial charge is 0.351 e. The van der Waals surface area contributed by atoms with Crippen molar-refractivity contribution >= 4 is 5.91 Å². The molecule has 1 amide bonds. The van der Waals surface area contributed by atoms with Gasteiger partial charge in [-0.1, -0.05) is 24.6 Å². The van der Waals surface area contributed by atoms with Crippen molar-refractivity contribution in [3.8, 4) is 0 Å². The maximum absolute atomic E-state index is 13.3. The Hall–Kier alpha value is -1.56. The minimum Gasteiger partial charge on any atom is -0.351 e. The molecule has 2 saturated carbocycles. The number of benzene rings is 1. The molecule has 0 unspecified atom stereocenters. The van der Waals surface area contributed by atoms with Crippen LogP contribution in [0.2, 0.25) is 0 Å². The Labute approximate surface area is 139 Å². The van der Waals surface area contributed by atoms with Gasteiger partial charge in [-0.3, -0.25) is 4.79 Å². The van der Waals surface area contributed by atoms with Crippen LogP contribution in [0, 0.1) is 10.8 Å². The van der Waals surface area contributed by atoms with Gasteiger partial charge >= 0.3 is 6.18 Å². The minimum absolute atomic E-state index is 0.0367. The molecule has 1 heterocycles. The number of alkyl halides is 3. The summed E-state index contributed by atoms with van der Waals surface area (Å²) in [6, 6.07) is 7.46. The summed E-state index contributed by atoms with van der Waals surface area (Å²) in [6.45, 7) is 0.361. The van der Waals surface area contributed by atoms with Crippen LogP contribution < -0.4 is 10.6 Å². The fourth-order valence-corrected chi connectivity index (χ4v) is 4.45. The molecule has 24 heavy (non-hydrogen) atoms. The van der Waals surface area contributed by atoms with Gasteiger partial charge in [-0.05, 0) is 36.8 Å². The first-order valence-corrected chi connectivity index (χ1v) is 8.53. The Balaban J connectivity index is 1.47. The Morgan fingerprint density at radius 2 is 2.00 bits per heavy atom. The van der Waals surface area contributed by atoms with Crippen LogP contribution in [-0.4, -0.2) is 31.7 Å². The lowest BCUT2D eigenvalue weighted by Crippen LogP contribution is -2.38. The van der Waals surface area contributed by atoms with Gasteiger partial charge in [0.25, 0.3) is 5.91 Å². The molecule has 3 fully saturated rings. The summed E-state index contributed by atoms with van der Waals surface area (Å²) >= 11 is 0. The van der Waals surface area contributed by atoms with Crippen LogP contribution in [0.15, 0.2) is 24.3 Å². The van der Waals surface area contributed by atoms with E-state index in [9.17, 15) is 18.0 Å². The molecule has 130 valence electrons. The van der Waals surface area contributed by atoms with Crippen molar-refractivity contribution in [2.45, 2.75) is 37.8 Å². The van der Waals surface area contributed by atoms with Gasteiger partial charge in [0.1, 0.15) is 0 Å². The Bertz CT molecular complexity index is 670. The van der Waals surface area contributed by atoms with Crippen LogP contribution in [0.3, 0.4) is 0 Å². The van der Waals surface area contributed by atoms with Crippen LogP contribution in [0.1, 0.15) is 47.5 Å². The predicted octanol–water partition coefficient (Wildman–Crippen LogP) is 3.23. The molecular formula is C18H21F3N2O. The third-order valence-electron chi connectivity index (χ3n) is 6.30. The monoisotopic (exact) mass is 338 g/mol. The molecule has 1 aromatic rings. The Morgan fingerprint density at radius 1 is 1.25 bits per heavy atom. The lowest BCUT2D eigenvalue weighted by atomic mass is 9.78. The lowest BCUT2D eigenvalue weighted by Gasteiger charge is -2.28. The van der Waals surface area contributed by atoms with E-state index < -0.39 is 17.0 Å². The SMILES string of the molecule is O=C(NC[C@]12CNC[C@@]1(C(F)(F)F)C2)c1ccccc1C1CCC1. The van der Waals surface area contributed by atoms with Gasteiger partial charge in [0.2, 0.25) is 0 Å². The molecule has 0 radical (unpaired) electrons. The average molecular weight is 338 g/mol. The molecule has 1 aliphatic heterocycles. The summed E-state index contributed by atoms with van der Waals surface area (Å²) in [6.07, 6.45) is -0.777. The third kappa shape index (κ3) is 2.19. The third-order valence-corrected chi connectivity index (χ3v) is 6.30. The fraction of sp³-hybridized carbons (Fsp3) is 0.611. The highest BCUT2D eigenvalue weighted by molar-refractivity contribution is 5.96. The van der Waals surface area contributed by atoms with Crippen molar-refractivity contribution in [1.29, 1.82) is 0 Å². The highest BCUT2D eigenvalue weighted by atomic mass is 19.4. The second-order valence-electron chi connectivity index (χ2n) is 7.54. The van der Waals surface area contributed by atoms with E-state index in [2.05, 4.69) is 10.6 Å². The lowest BCUT2D eigenvalue weighted by molar-refractivity contribution is -0.190. The molecule has 2 aliphatic carbocycles. The number of hydrogen-bond acceptors (Lipinski definition) is 2. The Morgan fingerprint density at radius 3 is 2.62 bits per heavy atom. The number of fused-ring (bicyclic) bond motifs is 1. The van der Waals surface area contributed by atoms with E-state index in [0.29, 0.717) is 18.0 Å². The van der Waals surface area contributed by atoms with Crippen molar-refractivity contribution < 1.29 is 18.0 Å². The second-order valence-corrected chi connectivity index (χ2v) is 7.54. The molecule has 1 saturated heterocycles. The molecule has 3 nitrogen and oxygen atoms in total. The zero-order valence-electron chi connectivity index (χ0n) is 13.4. The topological polar surface area (TPSA) is 41.1 Å². The second kappa shape index (κ2) is 5.22. The molecule has 2 N–H and O–H groups in total. The zero-order valence-corrected chi connectivity index (χ0v) is 13.4. The van der Waals surface area contributed by atoms with Crippen LogP contribution >= 0.6 is 0 Å². The molecular weight excluding hydrogens is 317 g/mol. The summed E-state index contributed by atoms with van der Waals surface area (Å²) < 4.78 is 40.0. The quantitative estimate of drug-likeness (QED) is 0.885. The van der Waals surface area contributed by atoms with Gasteiger partial charge in [0, 0.05) is 30.6 Å². The van der Waals surface area contributed by atoms with E-state index in [-0.39, 0.29) is 25.4 Å². The number of piperidine rings is 1. The molecule has 1 aromatic carbocycles. The first-order chi connectivity index (χ1) is 11.4. The summed E-state index contributed by atoms with van der Waals surface area (Å²) in [5.74, 6) is 0.162. The van der Waals surface area contributed by atoms with Crippen LogP contribution in [0.5, 0.6) is 0 Å². The predicted molar refractivity (Wildman–Crippen MR) is 83.8 cm³/mol. The van der Waals surface area contributed by atoms with E-state index in [1.54, 1.807) is 6.07 Å². The molecule has 6 heteroatoms. The van der Waals surface area contributed by atoms with Crippen molar-refractivity contribution in [1.82, 2.24) is 10.6 Å². The maximum atomic E-state index is 13.3. The van der Waals surface area contributed by atoms with Crippen molar-refractivity contribution in [3.05, 3.63) is 35.4 Å². The zero-order chi connectivity index (χ0) is 17.0. The minimum atomic E-state index is -4.22. The van der Waals surface area contributed by atoms with Crippen molar-refractivity contribution in [2.75, 3.05) is 19.6 Å². The summed E-state index contributed by atoms with van der Waals surface area (Å²) in [5, 5.41) is 5.63. The van der Waals surface area contributed by atoms with Gasteiger partial charge in [0.05, 0.1) is 5.41 Å². The molecule has 0 spiro atoms. The van der Waals surface area contributed by atoms with E-state index in [1.807, 2.05) is 18.2 Å². The van der Waals surface area contributed by atoms with Crippen LogP contribution in [-0.2, 0) is 0 Å². The van der Waals surface area contributed by atoms with Gasteiger partial charge < -0.3 is 10.6 Å². The summed E-state index contributed by atoms with van der Waals surface area (Å²) in [7, 11) is 0. The molecule has 0 bridgehead atoms. The number of nitrogens with one attached hydrogen (secondary N) is 2. The number of rotatable bonds is 4. The van der Waals surface area contributed by atoms with Gasteiger partial charge in [-0.15, -0.1) is 0 Å². The maximum Gasteiger partial charge on any atom is 0.396 e. The van der Waals surface area contributed by atoms with Crippen LogP contribution in [0.4, 0.5) is 13.2 Å². The molecule has 0 aromatic heterocycles. The number of carbonyl (C=O) groups excluding carboxylic acids is 1.